The minimum Gasteiger partial charge on any atom is -0.333 e. The van der Waals surface area contributed by atoms with Crippen LogP contribution in [0.15, 0.2) is 17.5 Å². The van der Waals surface area contributed by atoms with Crippen LogP contribution < -0.4 is 5.73 Å². The molecule has 0 saturated heterocycles. The number of amides is 1. The van der Waals surface area contributed by atoms with Gasteiger partial charge in [0.1, 0.15) is 0 Å². The van der Waals surface area contributed by atoms with Gasteiger partial charge in [0.05, 0.1) is 6.54 Å². The van der Waals surface area contributed by atoms with Gasteiger partial charge < -0.3 is 10.6 Å². The number of nitrogens with two attached hydrogens (primary N) is 1. The SMILES string of the molecule is CC(N)(C(=O)N(Cc1cccs1)C1CC1)C(F)(F)F. The van der Waals surface area contributed by atoms with Gasteiger partial charge in [0, 0.05) is 10.9 Å². The molecule has 0 aliphatic heterocycles. The third kappa shape index (κ3) is 2.92. The fraction of sp³-hybridized carbons (Fsp3) is 0.583. The zero-order valence-corrected chi connectivity index (χ0v) is 11.2. The molecular formula is C12H15F3N2OS. The second kappa shape index (κ2) is 4.79. The largest absolute Gasteiger partial charge is 0.415 e. The number of halogens is 3. The second-order valence-corrected chi connectivity index (χ2v) is 5.98. The molecule has 7 heteroatoms. The summed E-state index contributed by atoms with van der Waals surface area (Å²) in [6.07, 6.45) is -3.26. The molecule has 0 bridgehead atoms. The van der Waals surface area contributed by atoms with E-state index in [9.17, 15) is 18.0 Å². The average Bonchev–Trinajstić information content (AvgIpc) is 3.01. The van der Waals surface area contributed by atoms with Crippen LogP contribution in [0, 0.1) is 0 Å². The lowest BCUT2D eigenvalue weighted by atomic mass is 10.0. The summed E-state index contributed by atoms with van der Waals surface area (Å²) in [5.41, 5.74) is 2.39. The monoisotopic (exact) mass is 292 g/mol. The van der Waals surface area contributed by atoms with Gasteiger partial charge in [0.25, 0.3) is 5.91 Å². The fourth-order valence-electron chi connectivity index (χ4n) is 1.74. The van der Waals surface area contributed by atoms with E-state index in [1.54, 1.807) is 12.1 Å². The van der Waals surface area contributed by atoms with Crippen LogP contribution in [-0.2, 0) is 11.3 Å². The molecule has 3 nitrogen and oxygen atoms in total. The molecule has 0 aromatic carbocycles. The highest BCUT2D eigenvalue weighted by atomic mass is 32.1. The molecule has 1 aliphatic carbocycles. The number of carbonyl (C=O) groups is 1. The van der Waals surface area contributed by atoms with Crippen molar-refractivity contribution in [3.8, 4) is 0 Å². The number of alkyl halides is 3. The van der Waals surface area contributed by atoms with Crippen LogP contribution in [0.1, 0.15) is 24.6 Å². The molecule has 1 aromatic heterocycles. The number of carbonyl (C=O) groups excluding carboxylic acids is 1. The Morgan fingerprint density at radius 3 is 2.58 bits per heavy atom. The molecule has 1 aromatic rings. The summed E-state index contributed by atoms with van der Waals surface area (Å²) in [6.45, 7) is 0.934. The molecule has 2 rings (SSSR count). The van der Waals surface area contributed by atoms with E-state index in [1.165, 1.54) is 16.2 Å². The molecular weight excluding hydrogens is 277 g/mol. The molecule has 2 N–H and O–H groups in total. The maximum atomic E-state index is 12.8. The quantitative estimate of drug-likeness (QED) is 0.927. The van der Waals surface area contributed by atoms with Crippen LogP contribution in [-0.4, -0.2) is 28.6 Å². The van der Waals surface area contributed by atoms with E-state index in [2.05, 4.69) is 0 Å². The van der Waals surface area contributed by atoms with Crippen LogP contribution in [0.25, 0.3) is 0 Å². The number of hydrogen-bond acceptors (Lipinski definition) is 3. The van der Waals surface area contributed by atoms with E-state index in [0.717, 1.165) is 24.6 Å². The fourth-order valence-corrected chi connectivity index (χ4v) is 2.45. The summed E-state index contributed by atoms with van der Waals surface area (Å²) in [4.78, 5) is 14.2. The Hall–Kier alpha value is -1.08. The van der Waals surface area contributed by atoms with Crippen LogP contribution in [0.5, 0.6) is 0 Å². The standard InChI is InChI=1S/C12H15F3N2OS/c1-11(16,12(13,14)15)10(18)17(8-4-5-8)7-9-3-2-6-19-9/h2-3,6,8H,4-5,7,16H2,1H3. The molecule has 0 radical (unpaired) electrons. The van der Waals surface area contributed by atoms with Crippen molar-refractivity contribution in [3.63, 3.8) is 0 Å². The third-order valence-corrected chi connectivity index (χ3v) is 4.05. The van der Waals surface area contributed by atoms with Gasteiger partial charge in [0.15, 0.2) is 5.54 Å². The van der Waals surface area contributed by atoms with E-state index in [1.807, 2.05) is 5.38 Å². The molecule has 0 spiro atoms. The predicted molar refractivity (Wildman–Crippen MR) is 66.5 cm³/mol. The molecule has 1 fully saturated rings. The zero-order valence-electron chi connectivity index (χ0n) is 10.4. The van der Waals surface area contributed by atoms with Gasteiger partial charge in [-0.3, -0.25) is 4.79 Å². The van der Waals surface area contributed by atoms with Crippen molar-refractivity contribution in [2.24, 2.45) is 5.73 Å². The molecule has 1 heterocycles. The smallest absolute Gasteiger partial charge is 0.333 e. The second-order valence-electron chi connectivity index (χ2n) is 4.94. The average molecular weight is 292 g/mol. The number of nitrogens with zero attached hydrogens (tertiary/aromatic N) is 1. The lowest BCUT2D eigenvalue weighted by Crippen LogP contribution is -2.62. The summed E-state index contributed by atoms with van der Waals surface area (Å²) in [6, 6.07) is 3.50. The van der Waals surface area contributed by atoms with Gasteiger partial charge in [-0.25, -0.2) is 0 Å². The van der Waals surface area contributed by atoms with E-state index < -0.39 is 17.6 Å². The highest BCUT2D eigenvalue weighted by molar-refractivity contribution is 7.09. The van der Waals surface area contributed by atoms with Gasteiger partial charge in [-0.05, 0) is 31.2 Å². The normalized spacial score (nSPS) is 19.0. The Kier molecular flexibility index (Phi) is 3.61. The first-order valence-corrected chi connectivity index (χ1v) is 6.80. The Balaban J connectivity index is 2.18. The van der Waals surface area contributed by atoms with Crippen LogP contribution >= 0.6 is 11.3 Å². The van der Waals surface area contributed by atoms with E-state index in [-0.39, 0.29) is 12.6 Å². The minimum atomic E-state index is -4.74. The molecule has 1 aliphatic rings. The predicted octanol–water partition coefficient (Wildman–Crippen LogP) is 2.52. The summed E-state index contributed by atoms with van der Waals surface area (Å²) in [7, 11) is 0. The molecule has 19 heavy (non-hydrogen) atoms. The van der Waals surface area contributed by atoms with Gasteiger partial charge in [0.2, 0.25) is 0 Å². The number of hydrogen-bond donors (Lipinski definition) is 1. The van der Waals surface area contributed by atoms with Gasteiger partial charge in [-0.2, -0.15) is 13.2 Å². The van der Waals surface area contributed by atoms with Crippen LogP contribution in [0.3, 0.4) is 0 Å². The Morgan fingerprint density at radius 1 is 1.53 bits per heavy atom. The number of thiophene rings is 1. The Morgan fingerprint density at radius 2 is 2.16 bits per heavy atom. The molecule has 1 unspecified atom stereocenters. The van der Waals surface area contributed by atoms with Gasteiger partial charge >= 0.3 is 6.18 Å². The minimum absolute atomic E-state index is 0.111. The van der Waals surface area contributed by atoms with E-state index in [4.69, 9.17) is 5.73 Å². The molecule has 1 atom stereocenters. The first-order valence-electron chi connectivity index (χ1n) is 5.92. The van der Waals surface area contributed by atoms with Crippen molar-refractivity contribution in [1.82, 2.24) is 4.90 Å². The first kappa shape index (κ1) is 14.3. The maximum absolute atomic E-state index is 12.8. The van der Waals surface area contributed by atoms with Crippen molar-refractivity contribution in [1.29, 1.82) is 0 Å². The Labute approximate surface area is 113 Å². The topological polar surface area (TPSA) is 46.3 Å². The third-order valence-electron chi connectivity index (χ3n) is 3.19. The van der Waals surface area contributed by atoms with Crippen LogP contribution in [0.4, 0.5) is 13.2 Å². The van der Waals surface area contributed by atoms with Gasteiger partial charge in [-0.1, -0.05) is 6.07 Å². The maximum Gasteiger partial charge on any atom is 0.415 e. The van der Waals surface area contributed by atoms with Crippen molar-refractivity contribution in [2.75, 3.05) is 0 Å². The van der Waals surface area contributed by atoms with Crippen molar-refractivity contribution >= 4 is 17.2 Å². The summed E-state index contributed by atoms with van der Waals surface area (Å²) >= 11 is 1.42. The highest BCUT2D eigenvalue weighted by Crippen LogP contribution is 2.35. The van der Waals surface area contributed by atoms with Crippen molar-refractivity contribution in [2.45, 2.75) is 44.1 Å². The van der Waals surface area contributed by atoms with Crippen LogP contribution in [0.2, 0.25) is 0 Å². The summed E-state index contributed by atoms with van der Waals surface area (Å²) < 4.78 is 38.5. The first-order chi connectivity index (χ1) is 8.73. The zero-order chi connectivity index (χ0) is 14.3. The molecule has 1 amide bonds. The highest BCUT2D eigenvalue weighted by Gasteiger charge is 2.56. The van der Waals surface area contributed by atoms with E-state index >= 15 is 0 Å². The lowest BCUT2D eigenvalue weighted by Gasteiger charge is -2.33. The lowest BCUT2D eigenvalue weighted by molar-refractivity contribution is -0.194. The molecule has 1 saturated carbocycles. The van der Waals surface area contributed by atoms with Gasteiger partial charge in [-0.15, -0.1) is 11.3 Å². The summed E-state index contributed by atoms with van der Waals surface area (Å²) in [5.74, 6) is -1.05. The van der Waals surface area contributed by atoms with Crippen molar-refractivity contribution < 1.29 is 18.0 Å². The molecule has 106 valence electrons. The van der Waals surface area contributed by atoms with Crippen molar-refractivity contribution in [3.05, 3.63) is 22.4 Å². The Bertz CT molecular complexity index is 452. The number of rotatable bonds is 4. The van der Waals surface area contributed by atoms with E-state index in [0.29, 0.717) is 0 Å². The summed E-state index contributed by atoms with van der Waals surface area (Å²) in [5, 5.41) is 1.83.